The predicted octanol–water partition coefficient (Wildman–Crippen LogP) is 3.00. The molecular formula is C15H10FN3S. The minimum Gasteiger partial charge on any atom is -0.239 e. The van der Waals surface area contributed by atoms with Crippen molar-refractivity contribution in [3.63, 3.8) is 0 Å². The van der Waals surface area contributed by atoms with E-state index in [-0.39, 0.29) is 5.56 Å². The monoisotopic (exact) mass is 283 g/mol. The van der Waals surface area contributed by atoms with E-state index in [1.807, 2.05) is 6.07 Å². The van der Waals surface area contributed by atoms with Crippen LogP contribution in [-0.4, -0.2) is 9.78 Å². The number of halogens is 1. The molecule has 2 aromatic rings. The van der Waals surface area contributed by atoms with Crippen molar-refractivity contribution in [2.45, 2.75) is 18.8 Å². The van der Waals surface area contributed by atoms with Gasteiger partial charge in [0.15, 0.2) is 0 Å². The van der Waals surface area contributed by atoms with Gasteiger partial charge in [0.2, 0.25) is 0 Å². The fourth-order valence-corrected chi connectivity index (χ4v) is 2.23. The molecule has 1 fully saturated rings. The Morgan fingerprint density at radius 2 is 2.15 bits per heavy atom. The fourth-order valence-electron chi connectivity index (χ4n) is 2.11. The number of aromatic nitrogens is 2. The SMILES string of the molecule is N#Cc1cc(F)cc(-n2cc(C#CS)c(C3CC3)n2)c1. The molecular weight excluding hydrogens is 273 g/mol. The lowest BCUT2D eigenvalue weighted by Gasteiger charge is -2.02. The molecule has 1 heterocycles. The van der Waals surface area contributed by atoms with Crippen LogP contribution in [0.1, 0.15) is 35.6 Å². The summed E-state index contributed by atoms with van der Waals surface area (Å²) in [7, 11) is 0. The maximum Gasteiger partial charge on any atom is 0.126 e. The zero-order valence-electron chi connectivity index (χ0n) is 10.5. The van der Waals surface area contributed by atoms with Gasteiger partial charge in [0.1, 0.15) is 5.82 Å². The van der Waals surface area contributed by atoms with Crippen LogP contribution in [0.25, 0.3) is 5.69 Å². The maximum atomic E-state index is 13.5. The number of thiol groups is 1. The molecule has 20 heavy (non-hydrogen) atoms. The van der Waals surface area contributed by atoms with Gasteiger partial charge in [-0.15, -0.1) is 0 Å². The van der Waals surface area contributed by atoms with E-state index in [0.717, 1.165) is 24.1 Å². The number of hydrogen-bond acceptors (Lipinski definition) is 3. The first kappa shape index (κ1) is 12.8. The van der Waals surface area contributed by atoms with E-state index in [9.17, 15) is 4.39 Å². The second kappa shape index (κ2) is 5.03. The molecule has 1 aliphatic rings. The molecule has 0 atom stereocenters. The van der Waals surface area contributed by atoms with E-state index < -0.39 is 5.82 Å². The third-order valence-electron chi connectivity index (χ3n) is 3.17. The van der Waals surface area contributed by atoms with Crippen LogP contribution in [0.4, 0.5) is 4.39 Å². The Labute approximate surface area is 121 Å². The third-order valence-corrected chi connectivity index (χ3v) is 3.29. The zero-order valence-corrected chi connectivity index (χ0v) is 11.4. The van der Waals surface area contributed by atoms with Gasteiger partial charge in [-0.25, -0.2) is 9.07 Å². The number of hydrogen-bond donors (Lipinski definition) is 1. The molecule has 1 aliphatic carbocycles. The molecule has 3 rings (SSSR count). The molecule has 3 nitrogen and oxygen atoms in total. The summed E-state index contributed by atoms with van der Waals surface area (Å²) in [6, 6.07) is 6.09. The van der Waals surface area contributed by atoms with E-state index in [0.29, 0.717) is 11.6 Å². The van der Waals surface area contributed by atoms with Crippen molar-refractivity contribution >= 4 is 12.6 Å². The minimum absolute atomic E-state index is 0.269. The van der Waals surface area contributed by atoms with Gasteiger partial charge in [-0.2, -0.15) is 10.4 Å². The summed E-state index contributed by atoms with van der Waals surface area (Å²) in [5.41, 5.74) is 2.53. The molecule has 98 valence electrons. The Hall–Kier alpha value is -2.24. The van der Waals surface area contributed by atoms with E-state index in [2.05, 4.69) is 28.9 Å². The van der Waals surface area contributed by atoms with Gasteiger partial charge in [-0.05, 0) is 36.3 Å². The molecule has 5 heteroatoms. The van der Waals surface area contributed by atoms with E-state index in [1.165, 1.54) is 12.1 Å². The normalized spacial score (nSPS) is 13.4. The molecule has 0 N–H and O–H groups in total. The largest absolute Gasteiger partial charge is 0.239 e. The van der Waals surface area contributed by atoms with Gasteiger partial charge in [0, 0.05) is 12.1 Å². The highest BCUT2D eigenvalue weighted by atomic mass is 32.1. The van der Waals surface area contributed by atoms with Crippen LogP contribution in [0.5, 0.6) is 0 Å². The molecule has 1 aromatic carbocycles. The average Bonchev–Trinajstić information content (AvgIpc) is 3.20. The van der Waals surface area contributed by atoms with Crippen LogP contribution in [0.15, 0.2) is 24.4 Å². The Kier molecular flexibility index (Phi) is 3.22. The van der Waals surface area contributed by atoms with Crippen molar-refractivity contribution in [1.82, 2.24) is 9.78 Å². The topological polar surface area (TPSA) is 41.6 Å². The highest BCUT2D eigenvalue weighted by molar-refractivity contribution is 7.85. The predicted molar refractivity (Wildman–Crippen MR) is 76.1 cm³/mol. The lowest BCUT2D eigenvalue weighted by molar-refractivity contribution is 0.624. The van der Waals surface area contributed by atoms with Gasteiger partial charge in [0.05, 0.1) is 28.6 Å². The van der Waals surface area contributed by atoms with Gasteiger partial charge in [0.25, 0.3) is 0 Å². The second-order valence-electron chi connectivity index (χ2n) is 4.69. The van der Waals surface area contributed by atoms with Gasteiger partial charge >= 0.3 is 0 Å². The van der Waals surface area contributed by atoms with Crippen LogP contribution in [0.3, 0.4) is 0 Å². The van der Waals surface area contributed by atoms with Crippen LogP contribution >= 0.6 is 12.6 Å². The quantitative estimate of drug-likeness (QED) is 0.680. The number of benzene rings is 1. The Morgan fingerprint density at radius 3 is 2.80 bits per heavy atom. The summed E-state index contributed by atoms with van der Waals surface area (Å²) in [6.07, 6.45) is 3.96. The van der Waals surface area contributed by atoms with Crippen molar-refractivity contribution in [3.05, 3.63) is 47.0 Å². The first-order valence-corrected chi connectivity index (χ1v) is 6.61. The molecule has 0 amide bonds. The van der Waals surface area contributed by atoms with E-state index in [1.54, 1.807) is 16.9 Å². The summed E-state index contributed by atoms with van der Waals surface area (Å²) in [5.74, 6) is 2.88. The van der Waals surface area contributed by atoms with Crippen molar-refractivity contribution < 1.29 is 4.39 Å². The molecule has 0 unspecified atom stereocenters. The molecule has 1 saturated carbocycles. The van der Waals surface area contributed by atoms with Crippen LogP contribution < -0.4 is 0 Å². The summed E-state index contributed by atoms with van der Waals surface area (Å²) in [6.45, 7) is 0. The third kappa shape index (κ3) is 2.41. The van der Waals surface area contributed by atoms with Crippen molar-refractivity contribution in [2.24, 2.45) is 0 Å². The van der Waals surface area contributed by atoms with Crippen molar-refractivity contribution in [3.8, 4) is 22.9 Å². The lowest BCUT2D eigenvalue weighted by atomic mass is 10.2. The van der Waals surface area contributed by atoms with Crippen molar-refractivity contribution in [2.75, 3.05) is 0 Å². The molecule has 0 bridgehead atoms. The summed E-state index contributed by atoms with van der Waals surface area (Å²) < 4.78 is 15.1. The number of nitrogens with zero attached hydrogens (tertiary/aromatic N) is 3. The average molecular weight is 283 g/mol. The molecule has 0 radical (unpaired) electrons. The lowest BCUT2D eigenvalue weighted by Crippen LogP contribution is -1.97. The molecule has 0 spiro atoms. The van der Waals surface area contributed by atoms with Gasteiger partial charge in [-0.1, -0.05) is 18.5 Å². The van der Waals surface area contributed by atoms with Gasteiger partial charge < -0.3 is 0 Å². The van der Waals surface area contributed by atoms with Crippen LogP contribution in [0.2, 0.25) is 0 Å². The zero-order chi connectivity index (χ0) is 14.1. The fraction of sp³-hybridized carbons (Fsp3) is 0.200. The smallest absolute Gasteiger partial charge is 0.126 e. The first-order valence-electron chi connectivity index (χ1n) is 6.17. The Bertz CT molecular complexity index is 773. The van der Waals surface area contributed by atoms with Crippen LogP contribution in [-0.2, 0) is 0 Å². The first-order chi connectivity index (χ1) is 9.71. The maximum absolute atomic E-state index is 13.5. The highest BCUT2D eigenvalue weighted by Crippen LogP contribution is 2.40. The standard InChI is InChI=1S/C15H10FN3S/c16-13-5-10(8-17)6-14(7-13)19-9-12(3-4-20)15(18-19)11-1-2-11/h5-7,9,11,20H,1-2H2. The summed E-state index contributed by atoms with van der Waals surface area (Å²) in [4.78, 5) is 0. The second-order valence-corrected chi connectivity index (χ2v) is 4.92. The molecule has 0 saturated heterocycles. The molecule has 1 aromatic heterocycles. The molecule has 0 aliphatic heterocycles. The van der Waals surface area contributed by atoms with Gasteiger partial charge in [-0.3, -0.25) is 0 Å². The van der Waals surface area contributed by atoms with Crippen molar-refractivity contribution in [1.29, 1.82) is 5.26 Å². The van der Waals surface area contributed by atoms with E-state index in [4.69, 9.17) is 5.26 Å². The van der Waals surface area contributed by atoms with E-state index >= 15 is 0 Å². The number of rotatable bonds is 2. The Balaban J connectivity index is 2.10. The number of nitriles is 1. The minimum atomic E-state index is -0.454. The Morgan fingerprint density at radius 1 is 1.35 bits per heavy atom. The highest BCUT2D eigenvalue weighted by Gasteiger charge is 2.29. The van der Waals surface area contributed by atoms with Crippen LogP contribution in [0, 0.1) is 28.3 Å². The summed E-state index contributed by atoms with van der Waals surface area (Å²) >= 11 is 3.91. The summed E-state index contributed by atoms with van der Waals surface area (Å²) in [5, 5.41) is 15.9.